The van der Waals surface area contributed by atoms with Gasteiger partial charge in [0, 0.05) is 31.9 Å². The van der Waals surface area contributed by atoms with Crippen LogP contribution in [0.3, 0.4) is 0 Å². The van der Waals surface area contributed by atoms with Gasteiger partial charge in [0.1, 0.15) is 67.0 Å². The summed E-state index contributed by atoms with van der Waals surface area (Å²) in [6.07, 6.45) is -23.2. The van der Waals surface area contributed by atoms with Crippen LogP contribution in [-0.4, -0.2) is 199 Å². The average molecular weight is 979 g/mol. The molecule has 1 aromatic carbocycles. The van der Waals surface area contributed by atoms with E-state index in [0.717, 1.165) is 16.9 Å². The van der Waals surface area contributed by atoms with Gasteiger partial charge in [-0.05, 0) is 32.0 Å². The van der Waals surface area contributed by atoms with Gasteiger partial charge < -0.3 is 86.8 Å². The number of aliphatic hydroxyl groups is 10. The standard InChI is InChI=1S/C33H50N8O12.2C2HF3O2/c1-3-40-19-6-5-17(11-20(19)41(4-2)25(40)12-36-33(52)26-31(34)38-32-18(37-26)7-8-35-32)53-10-9-39(13-21(44)27(48)29(50)23(46)15-42)14-22(45)28(49)30(51)24(47)16-43;2*3-2(4,5)1(6)7/h5-8,11,21-24,27-30,42-51H,3-4,9-10,12-16H2,1-2H3,(H3-,34,35,36,37,38,52);2*(H,6,7). The Bertz CT molecular complexity index is 2160. The number of nitrogens with one attached hydrogen (secondary N) is 2. The number of fused-ring (bicyclic) bond motifs is 2. The van der Waals surface area contributed by atoms with E-state index < -0.39 is 105 Å². The van der Waals surface area contributed by atoms with Gasteiger partial charge in [-0.3, -0.25) is 9.69 Å². The monoisotopic (exact) mass is 978 g/mol. The molecule has 67 heavy (non-hydrogen) atoms. The van der Waals surface area contributed by atoms with Crippen LogP contribution in [0.15, 0.2) is 30.5 Å². The van der Waals surface area contributed by atoms with E-state index in [2.05, 4.69) is 20.3 Å². The number of ether oxygens (including phenoxy) is 1. The molecule has 0 saturated carbocycles. The summed E-state index contributed by atoms with van der Waals surface area (Å²) in [7, 11) is 0. The molecule has 378 valence electrons. The first-order valence-corrected chi connectivity index (χ1v) is 19.7. The molecule has 15 N–H and O–H groups in total. The first kappa shape index (κ1) is 57.6. The van der Waals surface area contributed by atoms with Crippen LogP contribution in [0.2, 0.25) is 0 Å². The van der Waals surface area contributed by atoms with Gasteiger partial charge in [-0.15, -0.1) is 0 Å². The molecule has 3 aromatic heterocycles. The number of nitrogen functional groups attached to an aromatic ring is 1. The Morgan fingerprint density at radius 2 is 1.37 bits per heavy atom. The summed E-state index contributed by atoms with van der Waals surface area (Å²) in [5, 5.41) is 119. The molecule has 0 radical (unpaired) electrons. The zero-order chi connectivity index (χ0) is 51.1. The quantitative estimate of drug-likeness (QED) is 0.0275. The number of amides is 1. The number of aromatic amines is 1. The number of nitrogens with zero attached hydrogens (tertiary/aromatic N) is 5. The Morgan fingerprint density at radius 3 is 1.82 bits per heavy atom. The Hall–Kier alpha value is -5.54. The summed E-state index contributed by atoms with van der Waals surface area (Å²) in [6, 6.07) is 7.09. The van der Waals surface area contributed by atoms with E-state index in [1.807, 2.05) is 29.0 Å². The zero-order valence-corrected chi connectivity index (χ0v) is 35.4. The van der Waals surface area contributed by atoms with Gasteiger partial charge in [0.25, 0.3) is 11.7 Å². The Labute approximate surface area is 374 Å². The van der Waals surface area contributed by atoms with Crippen molar-refractivity contribution < 1.29 is 111 Å². The highest BCUT2D eigenvalue weighted by molar-refractivity contribution is 5.98. The predicted molar refractivity (Wildman–Crippen MR) is 212 cm³/mol. The lowest BCUT2D eigenvalue weighted by atomic mass is 10.0. The maximum Gasteiger partial charge on any atom is 0.490 e. The number of carbonyl (C=O) groups excluding carboxylic acids is 2. The van der Waals surface area contributed by atoms with Gasteiger partial charge >= 0.3 is 18.3 Å². The number of aryl methyl sites for hydroxylation is 2. The van der Waals surface area contributed by atoms with Crippen LogP contribution >= 0.6 is 0 Å². The largest absolute Gasteiger partial charge is 0.542 e. The molecule has 0 spiro atoms. The number of hydrogen-bond acceptors (Lipinski definition) is 19. The smallest absolute Gasteiger partial charge is 0.490 e. The van der Waals surface area contributed by atoms with Crippen molar-refractivity contribution in [3.8, 4) is 5.75 Å². The van der Waals surface area contributed by atoms with Crippen molar-refractivity contribution in [2.45, 2.75) is 94.7 Å². The van der Waals surface area contributed by atoms with Gasteiger partial charge in [0.05, 0.1) is 38.5 Å². The van der Waals surface area contributed by atoms with E-state index in [9.17, 15) is 72.0 Å². The van der Waals surface area contributed by atoms with Gasteiger partial charge in [0.15, 0.2) is 28.2 Å². The summed E-state index contributed by atoms with van der Waals surface area (Å²) in [5.74, 6) is -5.03. The molecule has 0 aliphatic carbocycles. The number of rotatable bonds is 21. The summed E-state index contributed by atoms with van der Waals surface area (Å²) >= 11 is 0. The zero-order valence-electron chi connectivity index (χ0n) is 35.4. The molecule has 4 aromatic rings. The summed E-state index contributed by atoms with van der Waals surface area (Å²) in [5.41, 5.74) is 8.65. The van der Waals surface area contributed by atoms with E-state index in [4.69, 9.17) is 40.5 Å². The van der Waals surface area contributed by atoms with Crippen molar-refractivity contribution in [2.75, 3.05) is 45.2 Å². The van der Waals surface area contributed by atoms with Crippen molar-refractivity contribution in [2.24, 2.45) is 0 Å². The molecule has 0 aliphatic rings. The number of alkyl halides is 6. The van der Waals surface area contributed by atoms with Crippen LogP contribution in [0.5, 0.6) is 5.75 Å². The number of carboxylic acids is 2. The lowest BCUT2D eigenvalue weighted by Gasteiger charge is -2.33. The van der Waals surface area contributed by atoms with Crippen LogP contribution in [-0.2, 0) is 29.2 Å². The second kappa shape index (κ2) is 25.6. The fourth-order valence-electron chi connectivity index (χ4n) is 6.07. The number of aliphatic hydroxyl groups excluding tert-OH is 10. The van der Waals surface area contributed by atoms with Crippen molar-refractivity contribution in [3.05, 3.63) is 42.0 Å². The average Bonchev–Trinajstić information content (AvgIpc) is 3.86. The molecule has 4 rings (SSSR count). The van der Waals surface area contributed by atoms with Crippen molar-refractivity contribution in [1.82, 2.24) is 29.7 Å². The number of aromatic nitrogens is 5. The van der Waals surface area contributed by atoms with Gasteiger partial charge in [0.2, 0.25) is 0 Å². The topological polar surface area (TPSA) is 398 Å². The first-order valence-electron chi connectivity index (χ1n) is 19.7. The molecule has 8 atom stereocenters. The fourth-order valence-corrected chi connectivity index (χ4v) is 6.07. The molecule has 0 fully saturated rings. The minimum absolute atomic E-state index is 0.00551. The number of anilines is 1. The summed E-state index contributed by atoms with van der Waals surface area (Å²) in [4.78, 5) is 43.6. The van der Waals surface area contributed by atoms with E-state index in [0.29, 0.717) is 30.0 Å². The number of imidazole rings is 1. The van der Waals surface area contributed by atoms with E-state index in [1.54, 1.807) is 24.4 Å². The lowest BCUT2D eigenvalue weighted by Crippen LogP contribution is -2.53. The lowest BCUT2D eigenvalue weighted by molar-refractivity contribution is -0.676. The molecule has 3 heterocycles. The first-order chi connectivity index (χ1) is 31.1. The third kappa shape index (κ3) is 16.3. The maximum absolute atomic E-state index is 13.1. The number of H-pyrrole nitrogens is 1. The number of nitrogens with two attached hydrogens (primary N) is 1. The highest BCUT2D eigenvalue weighted by atomic mass is 19.4. The Morgan fingerprint density at radius 1 is 0.866 bits per heavy atom. The maximum atomic E-state index is 13.1. The minimum Gasteiger partial charge on any atom is -0.542 e. The molecule has 8 unspecified atom stereocenters. The number of carboxylic acid groups (broad SMARTS) is 2. The molecule has 0 bridgehead atoms. The van der Waals surface area contributed by atoms with Crippen molar-refractivity contribution in [3.63, 3.8) is 0 Å². The molecular weight excluding hydrogens is 926 g/mol. The van der Waals surface area contributed by atoms with E-state index in [1.165, 1.54) is 4.90 Å². The van der Waals surface area contributed by atoms with E-state index >= 15 is 0 Å². The third-order valence-corrected chi connectivity index (χ3v) is 9.51. The molecule has 0 aliphatic heterocycles. The fraction of sp³-hybridized carbons (Fsp3) is 0.568. The second-order valence-corrected chi connectivity index (χ2v) is 14.2. The number of benzene rings is 1. The van der Waals surface area contributed by atoms with Crippen LogP contribution in [0.4, 0.5) is 32.2 Å². The highest BCUT2D eigenvalue weighted by Gasteiger charge is 2.38. The summed E-state index contributed by atoms with van der Waals surface area (Å²) < 4.78 is 73.4. The van der Waals surface area contributed by atoms with Crippen LogP contribution in [0.1, 0.15) is 30.2 Å². The highest BCUT2D eigenvalue weighted by Crippen LogP contribution is 2.22. The SMILES string of the molecule is CCn1c(CNC(=O)c2nc3cc[nH]c3nc2N)[n+](CC)c2cc(OCCN(CC(O)C(O)C(O)C(O)CO)CC(O)C(O)C(O)C(O)CO)ccc21.O=C(O)C(F)(F)F.O=C([O-])C(F)(F)F. The van der Waals surface area contributed by atoms with Gasteiger partial charge in [-0.1, -0.05) is 0 Å². The molecular formula is C37H52F6N8O16. The summed E-state index contributed by atoms with van der Waals surface area (Å²) in [6.45, 7) is 2.47. The normalized spacial score (nSPS) is 15.6. The molecule has 30 heteroatoms. The van der Waals surface area contributed by atoms with Gasteiger partial charge in [-0.25, -0.2) is 23.9 Å². The van der Waals surface area contributed by atoms with Crippen LogP contribution < -0.4 is 25.5 Å². The molecule has 0 saturated heterocycles. The van der Waals surface area contributed by atoms with Crippen LogP contribution in [0.25, 0.3) is 22.2 Å². The van der Waals surface area contributed by atoms with Crippen LogP contribution in [0, 0.1) is 0 Å². The Kier molecular flexibility index (Phi) is 22.0. The number of aliphatic carboxylic acids is 2. The van der Waals surface area contributed by atoms with E-state index in [-0.39, 0.29) is 31.2 Å². The van der Waals surface area contributed by atoms with Crippen molar-refractivity contribution in [1.29, 1.82) is 0 Å². The third-order valence-electron chi connectivity index (χ3n) is 9.51. The Balaban J connectivity index is 0.000000952. The second-order valence-electron chi connectivity index (χ2n) is 14.2. The number of halogens is 6. The predicted octanol–water partition coefficient (Wildman–Crippen LogP) is -4.76. The number of carbonyl (C=O) groups is 3. The van der Waals surface area contributed by atoms with Crippen molar-refractivity contribution >= 4 is 45.9 Å². The molecule has 1 amide bonds. The molecule has 24 nitrogen and oxygen atoms in total. The van der Waals surface area contributed by atoms with Gasteiger partial charge in [-0.2, -0.15) is 26.3 Å². The number of hydrogen-bond donors (Lipinski definition) is 14. The minimum atomic E-state index is -5.19.